The van der Waals surface area contributed by atoms with Gasteiger partial charge in [0.1, 0.15) is 0 Å². The van der Waals surface area contributed by atoms with Crippen LogP contribution in [-0.4, -0.2) is 16.6 Å². The third kappa shape index (κ3) is 2.51. The highest BCUT2D eigenvalue weighted by atomic mass is 32.1. The van der Waals surface area contributed by atoms with Crippen LogP contribution in [0, 0.1) is 0 Å². The van der Waals surface area contributed by atoms with Gasteiger partial charge in [0, 0.05) is 18.2 Å². The summed E-state index contributed by atoms with van der Waals surface area (Å²) in [7, 11) is 0. The summed E-state index contributed by atoms with van der Waals surface area (Å²) in [6.45, 7) is 3.12. The lowest BCUT2D eigenvalue weighted by atomic mass is 10.2. The van der Waals surface area contributed by atoms with Crippen LogP contribution >= 0.6 is 11.3 Å². The molecule has 1 aromatic carbocycles. The molecule has 2 aromatic rings. The van der Waals surface area contributed by atoms with Crippen molar-refractivity contribution in [2.75, 3.05) is 11.4 Å². The first-order valence-corrected chi connectivity index (χ1v) is 7.58. The lowest BCUT2D eigenvalue weighted by molar-refractivity contribution is 0.284. The molecular formula is C15H18N2OS. The second-order valence-corrected chi connectivity index (χ2v) is 5.88. The Bertz CT molecular complexity index is 549. The Morgan fingerprint density at radius 3 is 2.63 bits per heavy atom. The van der Waals surface area contributed by atoms with E-state index in [9.17, 15) is 5.11 Å². The summed E-state index contributed by atoms with van der Waals surface area (Å²) in [5, 5.41) is 10.5. The summed E-state index contributed by atoms with van der Waals surface area (Å²) < 4.78 is 0. The fourth-order valence-electron chi connectivity index (χ4n) is 2.29. The molecule has 19 heavy (non-hydrogen) atoms. The molecule has 0 bridgehead atoms. The first-order chi connectivity index (χ1) is 9.33. The first-order valence-electron chi connectivity index (χ1n) is 6.76. The maximum absolute atomic E-state index is 9.49. The van der Waals surface area contributed by atoms with E-state index < -0.39 is 0 Å². The molecule has 100 valence electrons. The van der Waals surface area contributed by atoms with E-state index in [0.29, 0.717) is 5.92 Å². The second-order valence-electron chi connectivity index (χ2n) is 4.82. The minimum atomic E-state index is 0.107. The van der Waals surface area contributed by atoms with Gasteiger partial charge >= 0.3 is 0 Å². The molecule has 1 aromatic heterocycles. The van der Waals surface area contributed by atoms with Gasteiger partial charge in [-0.25, -0.2) is 4.98 Å². The minimum absolute atomic E-state index is 0.107. The summed E-state index contributed by atoms with van der Waals surface area (Å²) in [4.78, 5) is 8.01. The Labute approximate surface area is 117 Å². The molecule has 0 unspecified atom stereocenters. The van der Waals surface area contributed by atoms with Crippen molar-refractivity contribution >= 4 is 22.2 Å². The Morgan fingerprint density at radius 1 is 1.32 bits per heavy atom. The molecule has 0 amide bonds. The molecule has 4 heteroatoms. The lowest BCUT2D eigenvalue weighted by Crippen LogP contribution is -2.15. The van der Waals surface area contributed by atoms with Gasteiger partial charge < -0.3 is 10.0 Å². The molecule has 1 heterocycles. The fourth-order valence-corrected chi connectivity index (χ4v) is 3.38. The van der Waals surface area contributed by atoms with Gasteiger partial charge in [-0.2, -0.15) is 0 Å². The van der Waals surface area contributed by atoms with Crippen LogP contribution in [0.5, 0.6) is 0 Å². The summed E-state index contributed by atoms with van der Waals surface area (Å²) in [6.07, 6.45) is 2.43. The third-order valence-corrected chi connectivity index (χ3v) is 4.52. The van der Waals surface area contributed by atoms with Gasteiger partial charge in [-0.15, -0.1) is 0 Å². The summed E-state index contributed by atoms with van der Waals surface area (Å²) in [6, 6.07) is 10.3. The van der Waals surface area contributed by atoms with Crippen molar-refractivity contribution in [1.82, 2.24) is 4.98 Å². The zero-order chi connectivity index (χ0) is 13.2. The van der Waals surface area contributed by atoms with Crippen molar-refractivity contribution in [2.24, 2.45) is 0 Å². The zero-order valence-electron chi connectivity index (χ0n) is 11.0. The van der Waals surface area contributed by atoms with Gasteiger partial charge in [0.25, 0.3) is 0 Å². The minimum Gasteiger partial charge on any atom is -0.391 e. The number of hydrogen-bond donors (Lipinski definition) is 1. The number of aliphatic hydroxyl groups is 1. The van der Waals surface area contributed by atoms with E-state index in [2.05, 4.69) is 24.0 Å². The molecular weight excluding hydrogens is 256 g/mol. The van der Waals surface area contributed by atoms with Gasteiger partial charge in [-0.1, -0.05) is 29.5 Å². The Balaban J connectivity index is 1.95. The Morgan fingerprint density at radius 2 is 2.05 bits per heavy atom. The topological polar surface area (TPSA) is 36.4 Å². The molecule has 1 aliphatic rings. The average molecular weight is 274 g/mol. The maximum atomic E-state index is 9.49. The summed E-state index contributed by atoms with van der Waals surface area (Å²) in [5.74, 6) is 0.585. The van der Waals surface area contributed by atoms with E-state index in [1.54, 1.807) is 11.3 Å². The molecule has 0 atom stereocenters. The van der Waals surface area contributed by atoms with Crippen LogP contribution in [0.25, 0.3) is 0 Å². The molecule has 1 saturated carbocycles. The molecule has 1 N–H and O–H groups in total. The number of para-hydroxylation sites is 1. The van der Waals surface area contributed by atoms with Crippen LogP contribution in [0.3, 0.4) is 0 Å². The van der Waals surface area contributed by atoms with Crippen LogP contribution in [-0.2, 0) is 6.61 Å². The summed E-state index contributed by atoms with van der Waals surface area (Å²) >= 11 is 1.62. The number of benzene rings is 1. The van der Waals surface area contributed by atoms with E-state index >= 15 is 0 Å². The van der Waals surface area contributed by atoms with Crippen molar-refractivity contribution in [2.45, 2.75) is 32.3 Å². The zero-order valence-corrected chi connectivity index (χ0v) is 11.9. The van der Waals surface area contributed by atoms with Gasteiger partial charge in [0.2, 0.25) is 0 Å². The van der Waals surface area contributed by atoms with Crippen molar-refractivity contribution in [3.8, 4) is 0 Å². The van der Waals surface area contributed by atoms with Crippen LogP contribution in [0.15, 0.2) is 30.3 Å². The fraction of sp³-hybridized carbons (Fsp3) is 0.400. The van der Waals surface area contributed by atoms with E-state index in [1.807, 2.05) is 18.2 Å². The van der Waals surface area contributed by atoms with Gasteiger partial charge in [0.15, 0.2) is 5.13 Å². The molecule has 1 fully saturated rings. The van der Waals surface area contributed by atoms with Crippen molar-refractivity contribution in [1.29, 1.82) is 0 Å². The number of nitrogens with zero attached hydrogens (tertiary/aromatic N) is 2. The average Bonchev–Trinajstić information content (AvgIpc) is 3.22. The van der Waals surface area contributed by atoms with Crippen LogP contribution in [0.2, 0.25) is 0 Å². The molecule has 1 aliphatic carbocycles. The predicted octanol–water partition coefficient (Wildman–Crippen LogP) is 3.67. The molecule has 0 radical (unpaired) electrons. The van der Waals surface area contributed by atoms with Crippen LogP contribution in [0.1, 0.15) is 36.3 Å². The van der Waals surface area contributed by atoms with E-state index in [0.717, 1.165) is 27.9 Å². The predicted molar refractivity (Wildman–Crippen MR) is 79.1 cm³/mol. The Kier molecular flexibility index (Phi) is 3.53. The SMILES string of the molecule is CCN(c1ccccc1)c1nc(C2CC2)c(CO)s1. The number of aliphatic hydroxyl groups excluding tert-OH is 1. The largest absolute Gasteiger partial charge is 0.391 e. The van der Waals surface area contributed by atoms with Crippen molar-refractivity contribution < 1.29 is 5.11 Å². The third-order valence-electron chi connectivity index (χ3n) is 3.44. The van der Waals surface area contributed by atoms with E-state index in [-0.39, 0.29) is 6.61 Å². The normalized spacial score (nSPS) is 14.6. The Hall–Kier alpha value is -1.39. The molecule has 0 spiro atoms. The van der Waals surface area contributed by atoms with Crippen LogP contribution < -0.4 is 4.90 Å². The smallest absolute Gasteiger partial charge is 0.190 e. The highest BCUT2D eigenvalue weighted by Gasteiger charge is 2.30. The van der Waals surface area contributed by atoms with E-state index in [4.69, 9.17) is 4.98 Å². The molecule has 0 aliphatic heterocycles. The van der Waals surface area contributed by atoms with Gasteiger partial charge in [-0.3, -0.25) is 0 Å². The monoisotopic (exact) mass is 274 g/mol. The van der Waals surface area contributed by atoms with Crippen molar-refractivity contribution in [3.05, 3.63) is 40.9 Å². The number of thiazole rings is 1. The van der Waals surface area contributed by atoms with Gasteiger partial charge in [0.05, 0.1) is 17.2 Å². The number of aromatic nitrogens is 1. The van der Waals surface area contributed by atoms with Crippen molar-refractivity contribution in [3.63, 3.8) is 0 Å². The second kappa shape index (κ2) is 5.31. The number of rotatable bonds is 5. The highest BCUT2D eigenvalue weighted by molar-refractivity contribution is 7.15. The number of hydrogen-bond acceptors (Lipinski definition) is 4. The first kappa shape index (κ1) is 12.6. The molecule has 3 nitrogen and oxygen atoms in total. The highest BCUT2D eigenvalue weighted by Crippen LogP contribution is 2.44. The van der Waals surface area contributed by atoms with E-state index in [1.165, 1.54) is 12.8 Å². The standard InChI is InChI=1S/C15H18N2OS/c1-2-17(12-6-4-3-5-7-12)15-16-14(11-8-9-11)13(10-18)19-15/h3-7,11,18H,2,8-10H2,1H3. The van der Waals surface area contributed by atoms with Crippen LogP contribution in [0.4, 0.5) is 10.8 Å². The molecule has 3 rings (SSSR count). The summed E-state index contributed by atoms with van der Waals surface area (Å²) in [5.41, 5.74) is 2.28. The van der Waals surface area contributed by atoms with Gasteiger partial charge in [-0.05, 0) is 31.9 Å². The lowest BCUT2D eigenvalue weighted by Gasteiger charge is -2.19. The maximum Gasteiger partial charge on any atom is 0.190 e. The molecule has 0 saturated heterocycles. The number of anilines is 2. The quantitative estimate of drug-likeness (QED) is 0.903.